The van der Waals surface area contributed by atoms with Gasteiger partial charge in [-0.15, -0.1) is 0 Å². The first-order chi connectivity index (χ1) is 23.4. The zero-order chi connectivity index (χ0) is 34.6. The monoisotopic (exact) mass is 673 g/mol. The number of halogens is 3. The standard InChI is InChI=1S/C40H43F3N2O4/c1-25(2)24-45(21-19-27-11-6-4-7-12-27)22-20-39-30-15-10-16-33(39)49-37-31(18-17-29(34(37)39)23-32(30)45)44-38(47)35(40(41,42)43)36(48-26(3)46)28-13-8-5-9-14-28/h4-9,11-14,17-18,25,30,32-33H,10,15-16,19-24H2,1-3H3/p+1/t30-,32+,33-,39+,45?/m0/s1. The summed E-state index contributed by atoms with van der Waals surface area (Å²) in [7, 11) is 0. The van der Waals surface area contributed by atoms with Crippen LogP contribution in [0.15, 0.2) is 78.4 Å². The molecule has 258 valence electrons. The molecule has 2 aliphatic heterocycles. The molecular formula is C40H44F3N2O4+. The molecule has 4 aliphatic rings. The van der Waals surface area contributed by atoms with Gasteiger partial charge in [0.15, 0.2) is 11.3 Å². The Balaban J connectivity index is 1.27. The number of rotatable bonds is 9. The Kier molecular flexibility index (Phi) is 8.62. The van der Waals surface area contributed by atoms with Gasteiger partial charge in [-0.05, 0) is 36.5 Å². The van der Waals surface area contributed by atoms with Crippen LogP contribution in [0.4, 0.5) is 18.9 Å². The summed E-state index contributed by atoms with van der Waals surface area (Å²) in [6.07, 6.45) is 0.628. The molecule has 2 bridgehead atoms. The van der Waals surface area contributed by atoms with Crippen LogP contribution >= 0.6 is 0 Å². The van der Waals surface area contributed by atoms with Crippen molar-refractivity contribution in [2.24, 2.45) is 11.8 Å². The molecule has 2 heterocycles. The molecule has 3 aromatic rings. The van der Waals surface area contributed by atoms with E-state index in [0.29, 0.717) is 23.6 Å². The number of hydrogen-bond donors (Lipinski definition) is 1. The van der Waals surface area contributed by atoms with Crippen molar-refractivity contribution in [3.63, 3.8) is 0 Å². The highest BCUT2D eigenvalue weighted by Crippen LogP contribution is 2.64. The SMILES string of the molecule is CC(=O)OC(=C(C(=O)Nc1ccc2c3c1O[C@H]1CCC[C@H]4[C@@H](C2)[N+](CCc2ccccc2)(CC(C)C)CC[C@]314)C(F)(F)F)c1ccccc1. The van der Waals surface area contributed by atoms with Crippen molar-refractivity contribution in [3.05, 3.63) is 101 Å². The summed E-state index contributed by atoms with van der Waals surface area (Å²) < 4.78 is 56.9. The predicted octanol–water partition coefficient (Wildman–Crippen LogP) is 8.00. The molecule has 1 saturated carbocycles. The second-order valence-electron chi connectivity index (χ2n) is 14.8. The number of alkyl halides is 3. The van der Waals surface area contributed by atoms with Crippen molar-refractivity contribution >= 4 is 23.3 Å². The van der Waals surface area contributed by atoms with Gasteiger partial charge in [-0.25, -0.2) is 0 Å². The van der Waals surface area contributed by atoms with Gasteiger partial charge >= 0.3 is 12.1 Å². The minimum atomic E-state index is -5.11. The lowest BCUT2D eigenvalue weighted by molar-refractivity contribution is -0.964. The number of esters is 1. The molecule has 1 amide bonds. The molecule has 1 N–H and O–H groups in total. The maximum atomic E-state index is 14.7. The van der Waals surface area contributed by atoms with Crippen molar-refractivity contribution in [3.8, 4) is 5.75 Å². The minimum Gasteiger partial charge on any atom is -0.487 e. The molecule has 7 rings (SSSR count). The van der Waals surface area contributed by atoms with Crippen LogP contribution in [0.25, 0.3) is 5.76 Å². The van der Waals surface area contributed by atoms with E-state index < -0.39 is 29.4 Å². The number of benzene rings is 3. The average molecular weight is 674 g/mol. The Morgan fingerprint density at radius 1 is 1.02 bits per heavy atom. The molecule has 9 heteroatoms. The van der Waals surface area contributed by atoms with Gasteiger partial charge in [-0.2, -0.15) is 13.2 Å². The lowest BCUT2D eigenvalue weighted by atomic mass is 9.51. The number of quaternary nitrogens is 1. The number of amides is 1. The molecule has 5 atom stereocenters. The van der Waals surface area contributed by atoms with Crippen LogP contribution < -0.4 is 10.1 Å². The average Bonchev–Trinajstić information content (AvgIpc) is 3.41. The molecule has 2 aliphatic carbocycles. The number of nitrogens with zero attached hydrogens (tertiary/aromatic N) is 1. The van der Waals surface area contributed by atoms with Crippen molar-refractivity contribution in [2.75, 3.05) is 25.0 Å². The van der Waals surface area contributed by atoms with Gasteiger partial charge in [0.25, 0.3) is 5.91 Å². The summed E-state index contributed by atoms with van der Waals surface area (Å²) in [5.74, 6) is -1.77. The fourth-order valence-electron chi connectivity index (χ4n) is 9.83. The molecule has 49 heavy (non-hydrogen) atoms. The number of nitrogens with one attached hydrogen (secondary N) is 1. The highest BCUT2D eigenvalue weighted by molar-refractivity contribution is 6.10. The number of carbonyl (C=O) groups is 2. The highest BCUT2D eigenvalue weighted by atomic mass is 19.4. The second-order valence-corrected chi connectivity index (χ2v) is 14.8. The van der Waals surface area contributed by atoms with E-state index in [-0.39, 0.29) is 22.8 Å². The second kappa shape index (κ2) is 12.7. The van der Waals surface area contributed by atoms with Gasteiger partial charge in [0.2, 0.25) is 0 Å². The first kappa shape index (κ1) is 33.4. The summed E-state index contributed by atoms with van der Waals surface area (Å²) in [6.45, 7) is 8.83. The number of carbonyl (C=O) groups excluding carboxylic acids is 2. The van der Waals surface area contributed by atoms with Gasteiger partial charge in [-0.3, -0.25) is 9.59 Å². The fraction of sp³-hybridized carbons (Fsp3) is 0.450. The van der Waals surface area contributed by atoms with Gasteiger partial charge in [0, 0.05) is 49.1 Å². The summed E-state index contributed by atoms with van der Waals surface area (Å²) in [5, 5.41) is 2.56. The van der Waals surface area contributed by atoms with E-state index >= 15 is 0 Å². The van der Waals surface area contributed by atoms with Gasteiger partial charge < -0.3 is 19.3 Å². The molecule has 1 unspecified atom stereocenters. The summed E-state index contributed by atoms with van der Waals surface area (Å²) in [5.41, 5.74) is 2.01. The minimum absolute atomic E-state index is 0.0253. The number of hydrogen-bond acceptors (Lipinski definition) is 4. The molecule has 2 fully saturated rings. The molecule has 1 saturated heterocycles. The van der Waals surface area contributed by atoms with Crippen molar-refractivity contribution in [1.29, 1.82) is 0 Å². The Morgan fingerprint density at radius 3 is 2.41 bits per heavy atom. The first-order valence-electron chi connectivity index (χ1n) is 17.5. The van der Waals surface area contributed by atoms with Crippen LogP contribution in [0.2, 0.25) is 0 Å². The van der Waals surface area contributed by atoms with E-state index in [4.69, 9.17) is 9.47 Å². The van der Waals surface area contributed by atoms with Crippen LogP contribution in [-0.2, 0) is 32.6 Å². The van der Waals surface area contributed by atoms with Crippen molar-refractivity contribution in [1.82, 2.24) is 0 Å². The van der Waals surface area contributed by atoms with Crippen molar-refractivity contribution < 1.29 is 36.7 Å². The van der Waals surface area contributed by atoms with E-state index in [9.17, 15) is 22.8 Å². The fourth-order valence-corrected chi connectivity index (χ4v) is 9.83. The summed E-state index contributed by atoms with van der Waals surface area (Å²) in [4.78, 5) is 25.6. The first-order valence-corrected chi connectivity index (χ1v) is 17.5. The van der Waals surface area contributed by atoms with Crippen LogP contribution in [0.3, 0.4) is 0 Å². The molecule has 3 aromatic carbocycles. The zero-order valence-corrected chi connectivity index (χ0v) is 28.3. The molecule has 6 nitrogen and oxygen atoms in total. The number of piperidine rings is 1. The smallest absolute Gasteiger partial charge is 0.425 e. The lowest BCUT2D eigenvalue weighted by Gasteiger charge is -2.62. The summed E-state index contributed by atoms with van der Waals surface area (Å²) >= 11 is 0. The molecular weight excluding hydrogens is 629 g/mol. The zero-order valence-electron chi connectivity index (χ0n) is 28.3. The van der Waals surface area contributed by atoms with Gasteiger partial charge in [-0.1, -0.05) is 80.6 Å². The van der Waals surface area contributed by atoms with Crippen LogP contribution in [-0.4, -0.2) is 54.3 Å². The quantitative estimate of drug-likeness (QED) is 0.108. The third kappa shape index (κ3) is 5.83. The maximum Gasteiger partial charge on any atom is 0.425 e. The Morgan fingerprint density at radius 2 is 1.73 bits per heavy atom. The highest BCUT2D eigenvalue weighted by Gasteiger charge is 2.67. The number of likely N-dealkylation sites (tertiary alicyclic amines) is 1. The van der Waals surface area contributed by atoms with E-state index in [0.717, 1.165) is 75.1 Å². The lowest BCUT2D eigenvalue weighted by Crippen LogP contribution is -2.72. The van der Waals surface area contributed by atoms with Gasteiger partial charge in [0.05, 0.1) is 36.8 Å². The third-order valence-corrected chi connectivity index (χ3v) is 11.4. The molecule has 0 radical (unpaired) electrons. The predicted molar refractivity (Wildman–Crippen MR) is 182 cm³/mol. The molecule has 0 aromatic heterocycles. The topological polar surface area (TPSA) is 64.6 Å². The Hall–Kier alpha value is -4.11. The van der Waals surface area contributed by atoms with E-state index in [1.165, 1.54) is 35.4 Å². The van der Waals surface area contributed by atoms with Gasteiger partial charge in [0.1, 0.15) is 11.9 Å². The summed E-state index contributed by atoms with van der Waals surface area (Å²) in [6, 6.07) is 22.2. The van der Waals surface area contributed by atoms with E-state index in [1.807, 2.05) is 6.07 Å². The third-order valence-electron chi connectivity index (χ3n) is 11.4. The molecule has 1 spiro atoms. The number of anilines is 1. The maximum absolute atomic E-state index is 14.7. The van der Waals surface area contributed by atoms with E-state index in [2.05, 4.69) is 49.5 Å². The van der Waals surface area contributed by atoms with E-state index in [1.54, 1.807) is 12.1 Å². The largest absolute Gasteiger partial charge is 0.487 e. The van der Waals surface area contributed by atoms with Crippen LogP contribution in [0.5, 0.6) is 5.75 Å². The van der Waals surface area contributed by atoms with Crippen molar-refractivity contribution in [2.45, 2.75) is 83.0 Å². The van der Waals surface area contributed by atoms with Crippen LogP contribution in [0.1, 0.15) is 68.7 Å². The van der Waals surface area contributed by atoms with Crippen LogP contribution in [0, 0.1) is 11.8 Å². The normalized spacial score (nSPS) is 27.1. The Bertz CT molecular complexity index is 1770. The Labute approximate surface area is 285 Å². The number of ether oxygens (including phenoxy) is 2.